The van der Waals surface area contributed by atoms with E-state index in [1.54, 1.807) is 0 Å². The lowest BCUT2D eigenvalue weighted by atomic mass is 9.82. The lowest BCUT2D eigenvalue weighted by molar-refractivity contribution is -0.168. The number of carboxylic acids is 1. The summed E-state index contributed by atoms with van der Waals surface area (Å²) in [5, 5.41) is 13.0. The van der Waals surface area contributed by atoms with Crippen molar-refractivity contribution in [3.05, 3.63) is 40.8 Å². The molecule has 0 aromatic heterocycles. The third kappa shape index (κ3) is 2.48. The lowest BCUT2D eigenvalue weighted by Crippen LogP contribution is -2.60. The van der Waals surface area contributed by atoms with Crippen LogP contribution in [0.25, 0.3) is 0 Å². The number of aliphatic carboxylic acids is 1. The average Bonchev–Trinajstić information content (AvgIpc) is 2.33. The van der Waals surface area contributed by atoms with E-state index in [4.69, 9.17) is 9.84 Å². The van der Waals surface area contributed by atoms with Crippen molar-refractivity contribution in [1.29, 1.82) is 0 Å². The van der Waals surface area contributed by atoms with Gasteiger partial charge in [-0.25, -0.2) is 0 Å². The molecule has 0 amide bonds. The molecule has 0 atom stereocenters. The van der Waals surface area contributed by atoms with Crippen LogP contribution >= 0.6 is 0 Å². The van der Waals surface area contributed by atoms with Crippen molar-refractivity contribution in [1.82, 2.24) is 5.01 Å². The second-order valence-corrected chi connectivity index (χ2v) is 4.47. The summed E-state index contributed by atoms with van der Waals surface area (Å²) in [5.41, 5.74) is -0.00869. The van der Waals surface area contributed by atoms with Gasteiger partial charge in [0.25, 0.3) is 0 Å². The highest BCUT2D eigenvalue weighted by molar-refractivity contribution is 5.76. The van der Waals surface area contributed by atoms with E-state index >= 15 is 0 Å². The highest BCUT2D eigenvalue weighted by Gasteiger charge is 2.50. The molecule has 0 bridgehead atoms. The van der Waals surface area contributed by atoms with Crippen LogP contribution in [0.5, 0.6) is 0 Å². The first kappa shape index (κ1) is 12.5. The Bertz CT molecular complexity index is 429. The lowest BCUT2D eigenvalue weighted by Gasteiger charge is -2.42. The van der Waals surface area contributed by atoms with Crippen molar-refractivity contribution in [2.75, 3.05) is 19.7 Å². The molecule has 96 valence electrons. The Morgan fingerprint density at radius 2 is 2.06 bits per heavy atom. The molecule has 0 aliphatic carbocycles. The molecule has 0 unspecified atom stereocenters. The van der Waals surface area contributed by atoms with Gasteiger partial charge in [0.1, 0.15) is 5.41 Å². The van der Waals surface area contributed by atoms with Crippen molar-refractivity contribution < 1.29 is 14.6 Å². The van der Waals surface area contributed by atoms with Gasteiger partial charge in [-0.05, 0) is 5.56 Å². The first-order valence-electron chi connectivity index (χ1n) is 5.60. The summed E-state index contributed by atoms with van der Waals surface area (Å²) < 4.78 is 5.43. The van der Waals surface area contributed by atoms with Gasteiger partial charge in [0, 0.05) is 0 Å². The molecule has 6 heteroatoms. The number of ether oxygens (including phenoxy) is 1. The monoisotopic (exact) mass is 250 g/mol. The first-order valence-corrected chi connectivity index (χ1v) is 5.60. The average molecular weight is 250 g/mol. The Kier molecular flexibility index (Phi) is 3.57. The maximum Gasteiger partial charge on any atom is 0.315 e. The molecule has 0 spiro atoms. The van der Waals surface area contributed by atoms with Crippen LogP contribution in [0, 0.1) is 10.3 Å². The van der Waals surface area contributed by atoms with Crippen LogP contribution in [0.15, 0.2) is 35.6 Å². The van der Waals surface area contributed by atoms with Crippen molar-refractivity contribution in [3.8, 4) is 0 Å². The largest absolute Gasteiger partial charge is 0.481 e. The molecule has 1 aliphatic heterocycles. The Hall–Kier alpha value is -1.95. The maximum absolute atomic E-state index is 11.2. The third-order valence-electron chi connectivity index (χ3n) is 3.03. The molecule has 1 N–H and O–H groups in total. The number of hydrogen-bond acceptors (Lipinski definition) is 4. The molecule has 0 saturated carbocycles. The molecule has 18 heavy (non-hydrogen) atoms. The Morgan fingerprint density at radius 1 is 1.39 bits per heavy atom. The van der Waals surface area contributed by atoms with Gasteiger partial charge >= 0.3 is 5.97 Å². The topological polar surface area (TPSA) is 79.2 Å². The van der Waals surface area contributed by atoms with Crippen molar-refractivity contribution in [2.24, 2.45) is 10.7 Å². The molecular weight excluding hydrogens is 236 g/mol. The normalized spacial score (nSPS) is 17.0. The zero-order valence-electron chi connectivity index (χ0n) is 9.78. The van der Waals surface area contributed by atoms with Gasteiger partial charge in [-0.2, -0.15) is 0 Å². The van der Waals surface area contributed by atoms with Crippen LogP contribution in [-0.4, -0.2) is 35.8 Å². The molecule has 6 nitrogen and oxygen atoms in total. The van der Waals surface area contributed by atoms with Gasteiger partial charge < -0.3 is 9.84 Å². The van der Waals surface area contributed by atoms with E-state index < -0.39 is 11.4 Å². The minimum absolute atomic E-state index is 0.0866. The number of carboxylic acid groups (broad SMARTS) is 1. The predicted octanol–water partition coefficient (Wildman–Crippen LogP) is 1.27. The molecule has 1 fully saturated rings. The molecule has 0 radical (unpaired) electrons. The Morgan fingerprint density at radius 3 is 2.61 bits per heavy atom. The number of benzene rings is 1. The molecule has 1 aromatic carbocycles. The standard InChI is InChI=1S/C12H14N2O4/c15-11(16)12(7-14(8-12)13-17)9-18-6-10-4-2-1-3-5-10/h1-5H,6-9H2,(H,15,16). The van der Waals surface area contributed by atoms with Crippen LogP contribution in [0.2, 0.25) is 0 Å². The van der Waals surface area contributed by atoms with E-state index in [1.165, 1.54) is 5.01 Å². The quantitative estimate of drug-likeness (QED) is 0.769. The van der Waals surface area contributed by atoms with Crippen LogP contribution in [0.3, 0.4) is 0 Å². The number of rotatable bonds is 6. The summed E-state index contributed by atoms with van der Waals surface area (Å²) in [4.78, 5) is 21.4. The smallest absolute Gasteiger partial charge is 0.315 e. The molecule has 1 saturated heterocycles. The fraction of sp³-hybridized carbons (Fsp3) is 0.417. The fourth-order valence-corrected chi connectivity index (χ4v) is 1.94. The highest BCUT2D eigenvalue weighted by atomic mass is 16.5. The number of hydrogen-bond donors (Lipinski definition) is 1. The van der Waals surface area contributed by atoms with Crippen LogP contribution in [0.1, 0.15) is 5.56 Å². The third-order valence-corrected chi connectivity index (χ3v) is 3.03. The second-order valence-electron chi connectivity index (χ2n) is 4.47. The molecule has 1 aromatic rings. The van der Waals surface area contributed by atoms with Gasteiger partial charge in [-0.1, -0.05) is 30.3 Å². The van der Waals surface area contributed by atoms with E-state index in [0.29, 0.717) is 6.61 Å². The zero-order chi connectivity index (χ0) is 13.0. The number of nitroso groups, excluding NO2 is 1. The van der Waals surface area contributed by atoms with Crippen molar-refractivity contribution >= 4 is 5.97 Å². The van der Waals surface area contributed by atoms with Crippen LogP contribution in [0.4, 0.5) is 0 Å². The van der Waals surface area contributed by atoms with Gasteiger partial charge in [0.15, 0.2) is 0 Å². The van der Waals surface area contributed by atoms with Gasteiger partial charge in [0.2, 0.25) is 0 Å². The van der Waals surface area contributed by atoms with Crippen molar-refractivity contribution in [2.45, 2.75) is 6.61 Å². The fourth-order valence-electron chi connectivity index (χ4n) is 1.94. The minimum atomic E-state index is -0.997. The molecule has 2 rings (SSSR count). The van der Waals surface area contributed by atoms with E-state index in [-0.39, 0.29) is 19.7 Å². The van der Waals surface area contributed by atoms with Gasteiger partial charge in [-0.3, -0.25) is 9.80 Å². The predicted molar refractivity (Wildman–Crippen MR) is 63.5 cm³/mol. The summed E-state index contributed by atoms with van der Waals surface area (Å²) in [7, 11) is 0. The van der Waals surface area contributed by atoms with E-state index in [0.717, 1.165) is 5.56 Å². The summed E-state index contributed by atoms with van der Waals surface area (Å²) in [6.45, 7) is 0.675. The zero-order valence-corrected chi connectivity index (χ0v) is 9.78. The number of nitrogens with zero attached hydrogens (tertiary/aromatic N) is 2. The minimum Gasteiger partial charge on any atom is -0.481 e. The highest BCUT2D eigenvalue weighted by Crippen LogP contribution is 2.31. The van der Waals surface area contributed by atoms with Crippen LogP contribution in [-0.2, 0) is 16.1 Å². The van der Waals surface area contributed by atoms with E-state index in [2.05, 4.69) is 5.29 Å². The summed E-state index contributed by atoms with van der Waals surface area (Å²) >= 11 is 0. The Labute approximate surface area is 104 Å². The number of carbonyl (C=O) groups is 1. The molecular formula is C12H14N2O4. The summed E-state index contributed by atoms with van der Waals surface area (Å²) in [5.74, 6) is -0.949. The van der Waals surface area contributed by atoms with Crippen molar-refractivity contribution in [3.63, 3.8) is 0 Å². The maximum atomic E-state index is 11.2. The Balaban J connectivity index is 1.85. The molecule has 1 heterocycles. The van der Waals surface area contributed by atoms with E-state index in [1.807, 2.05) is 30.3 Å². The summed E-state index contributed by atoms with van der Waals surface area (Å²) in [6.07, 6.45) is 0. The second kappa shape index (κ2) is 5.14. The van der Waals surface area contributed by atoms with Gasteiger partial charge in [-0.15, -0.1) is 4.91 Å². The van der Waals surface area contributed by atoms with Crippen LogP contribution < -0.4 is 0 Å². The first-order chi connectivity index (χ1) is 8.66. The summed E-state index contributed by atoms with van der Waals surface area (Å²) in [6, 6.07) is 9.52. The van der Waals surface area contributed by atoms with E-state index in [9.17, 15) is 9.70 Å². The molecule has 1 aliphatic rings. The SMILES string of the molecule is O=NN1CC(COCc2ccccc2)(C(=O)O)C1. The van der Waals surface area contributed by atoms with Gasteiger partial charge in [0.05, 0.1) is 31.6 Å².